The fraction of sp³-hybridized carbons (Fsp3) is 0.429. The van der Waals surface area contributed by atoms with Crippen LogP contribution in [0.15, 0.2) is 11.5 Å². The van der Waals surface area contributed by atoms with Gasteiger partial charge in [-0.05, 0) is 10.4 Å². The second-order valence-corrected chi connectivity index (χ2v) is 4.10. The van der Waals surface area contributed by atoms with Gasteiger partial charge in [0.1, 0.15) is 12.9 Å². The molecule has 10 heteroatoms. The minimum Gasteiger partial charge on any atom is -0.481 e. The van der Waals surface area contributed by atoms with E-state index in [0.29, 0.717) is 17.5 Å². The minimum absolute atomic E-state index is 0.0841. The Morgan fingerprint density at radius 2 is 2.35 bits per heavy atom. The molecule has 9 nitrogen and oxygen atoms in total. The molecule has 0 amide bonds. The SMILES string of the molecule is Cn1cnnc1Cn1nnnc1SCC(=O)O. The van der Waals surface area contributed by atoms with Gasteiger partial charge in [-0.2, -0.15) is 0 Å². The Kier molecular flexibility index (Phi) is 3.32. The number of aliphatic carboxylic acids is 1. The van der Waals surface area contributed by atoms with E-state index in [9.17, 15) is 4.79 Å². The average Bonchev–Trinajstić information content (AvgIpc) is 2.87. The summed E-state index contributed by atoms with van der Waals surface area (Å²) in [5.41, 5.74) is 0. The van der Waals surface area contributed by atoms with E-state index in [1.54, 1.807) is 10.9 Å². The lowest BCUT2D eigenvalue weighted by atomic mass is 10.6. The lowest BCUT2D eigenvalue weighted by Crippen LogP contribution is -2.09. The topological polar surface area (TPSA) is 112 Å². The van der Waals surface area contributed by atoms with Crippen molar-refractivity contribution in [3.63, 3.8) is 0 Å². The molecule has 1 N–H and O–H groups in total. The first kappa shape index (κ1) is 11.5. The van der Waals surface area contributed by atoms with Gasteiger partial charge in [0.15, 0.2) is 5.82 Å². The first-order valence-electron chi connectivity index (χ1n) is 4.60. The summed E-state index contributed by atoms with van der Waals surface area (Å²) >= 11 is 1.06. The lowest BCUT2D eigenvalue weighted by molar-refractivity contribution is -0.133. The van der Waals surface area contributed by atoms with Crippen LogP contribution in [0.3, 0.4) is 0 Å². The molecule has 0 spiro atoms. The standard InChI is InChI=1S/C7H9N7O2S/c1-13-4-8-9-5(13)2-14-7(10-11-12-14)17-3-6(15)16/h4H,2-3H2,1H3,(H,15,16). The number of aromatic nitrogens is 7. The predicted octanol–water partition coefficient (Wildman–Crippen LogP) is -0.973. The molecule has 17 heavy (non-hydrogen) atoms. The van der Waals surface area contributed by atoms with Crippen molar-refractivity contribution in [2.75, 3.05) is 5.75 Å². The van der Waals surface area contributed by atoms with Crippen LogP contribution in [0.2, 0.25) is 0 Å². The maximum absolute atomic E-state index is 10.5. The van der Waals surface area contributed by atoms with Crippen molar-refractivity contribution in [1.29, 1.82) is 0 Å². The Hall–Kier alpha value is -1.97. The van der Waals surface area contributed by atoms with E-state index < -0.39 is 5.97 Å². The number of nitrogens with zero attached hydrogens (tertiary/aromatic N) is 7. The first-order chi connectivity index (χ1) is 8.16. The van der Waals surface area contributed by atoms with Crippen molar-refractivity contribution >= 4 is 17.7 Å². The third-order valence-corrected chi connectivity index (χ3v) is 2.86. The largest absolute Gasteiger partial charge is 0.481 e. The van der Waals surface area contributed by atoms with Crippen LogP contribution in [-0.4, -0.2) is 51.8 Å². The van der Waals surface area contributed by atoms with Gasteiger partial charge in [-0.25, -0.2) is 4.68 Å². The van der Waals surface area contributed by atoms with Crippen LogP contribution in [0.5, 0.6) is 0 Å². The maximum atomic E-state index is 10.5. The zero-order valence-electron chi connectivity index (χ0n) is 8.89. The van der Waals surface area contributed by atoms with Gasteiger partial charge in [0.2, 0.25) is 5.16 Å². The van der Waals surface area contributed by atoms with E-state index in [2.05, 4.69) is 25.7 Å². The molecule has 2 heterocycles. The molecule has 0 saturated carbocycles. The van der Waals surface area contributed by atoms with Gasteiger partial charge in [0, 0.05) is 7.05 Å². The maximum Gasteiger partial charge on any atom is 0.313 e. The van der Waals surface area contributed by atoms with Crippen molar-refractivity contribution in [1.82, 2.24) is 35.0 Å². The van der Waals surface area contributed by atoms with Crippen molar-refractivity contribution < 1.29 is 9.90 Å². The molecule has 0 saturated heterocycles. The summed E-state index contributed by atoms with van der Waals surface area (Å²) in [7, 11) is 1.81. The minimum atomic E-state index is -0.914. The summed E-state index contributed by atoms with van der Waals surface area (Å²) in [6.45, 7) is 0.353. The van der Waals surface area contributed by atoms with Crippen LogP contribution >= 0.6 is 11.8 Å². The molecule has 0 atom stereocenters. The molecule has 2 rings (SSSR count). The van der Waals surface area contributed by atoms with Crippen LogP contribution in [0, 0.1) is 0 Å². The molecule has 0 fully saturated rings. The Labute approximate surface area is 99.8 Å². The van der Waals surface area contributed by atoms with Crippen molar-refractivity contribution in [2.24, 2.45) is 7.05 Å². The van der Waals surface area contributed by atoms with E-state index in [4.69, 9.17) is 5.11 Å². The fourth-order valence-corrected chi connectivity index (χ4v) is 1.71. The van der Waals surface area contributed by atoms with Crippen LogP contribution in [-0.2, 0) is 18.4 Å². The Bertz CT molecular complexity index is 522. The van der Waals surface area contributed by atoms with Gasteiger partial charge in [-0.15, -0.1) is 15.3 Å². The number of carbonyl (C=O) groups is 1. The zero-order valence-corrected chi connectivity index (χ0v) is 9.70. The highest BCUT2D eigenvalue weighted by Gasteiger charge is 2.11. The summed E-state index contributed by atoms with van der Waals surface area (Å²) in [6.07, 6.45) is 1.57. The van der Waals surface area contributed by atoms with E-state index in [1.807, 2.05) is 7.05 Å². The number of thioether (sulfide) groups is 1. The summed E-state index contributed by atoms with van der Waals surface area (Å²) in [5.74, 6) is -0.309. The number of hydrogen-bond donors (Lipinski definition) is 1. The molecular formula is C7H9N7O2S. The van der Waals surface area contributed by atoms with Crippen LogP contribution < -0.4 is 0 Å². The van der Waals surface area contributed by atoms with Gasteiger partial charge in [-0.1, -0.05) is 11.8 Å². The third-order valence-electron chi connectivity index (χ3n) is 1.92. The predicted molar refractivity (Wildman–Crippen MR) is 56.3 cm³/mol. The number of rotatable bonds is 5. The normalized spacial score (nSPS) is 10.6. The average molecular weight is 255 g/mol. The molecule has 2 aromatic rings. The Morgan fingerprint density at radius 3 is 3.00 bits per heavy atom. The van der Waals surface area contributed by atoms with Crippen LogP contribution in [0.1, 0.15) is 5.82 Å². The summed E-state index contributed by atoms with van der Waals surface area (Å²) < 4.78 is 3.23. The quantitative estimate of drug-likeness (QED) is 0.679. The monoisotopic (exact) mass is 255 g/mol. The summed E-state index contributed by atoms with van der Waals surface area (Å²) in [4.78, 5) is 10.5. The van der Waals surface area contributed by atoms with Crippen molar-refractivity contribution in [3.05, 3.63) is 12.2 Å². The fourth-order valence-electron chi connectivity index (χ4n) is 1.11. The molecule has 0 radical (unpaired) electrons. The van der Waals surface area contributed by atoms with Gasteiger partial charge < -0.3 is 9.67 Å². The summed E-state index contributed by atoms with van der Waals surface area (Å²) in [6, 6.07) is 0. The van der Waals surface area contributed by atoms with E-state index in [-0.39, 0.29) is 5.75 Å². The summed E-state index contributed by atoms with van der Waals surface area (Å²) in [5, 5.41) is 27.7. The van der Waals surface area contributed by atoms with E-state index >= 15 is 0 Å². The molecule has 90 valence electrons. The molecule has 2 aromatic heterocycles. The second kappa shape index (κ2) is 4.91. The Balaban J connectivity index is 2.09. The Morgan fingerprint density at radius 1 is 1.53 bits per heavy atom. The van der Waals surface area contributed by atoms with E-state index in [0.717, 1.165) is 11.8 Å². The second-order valence-electron chi connectivity index (χ2n) is 3.16. The number of carboxylic acids is 1. The lowest BCUT2D eigenvalue weighted by Gasteiger charge is -2.02. The highest BCUT2D eigenvalue weighted by atomic mass is 32.2. The molecule has 0 bridgehead atoms. The molecular weight excluding hydrogens is 246 g/mol. The molecule has 0 unspecified atom stereocenters. The third kappa shape index (κ3) is 2.78. The van der Waals surface area contributed by atoms with Crippen molar-refractivity contribution in [3.8, 4) is 0 Å². The number of tetrazole rings is 1. The first-order valence-corrected chi connectivity index (χ1v) is 5.59. The van der Waals surface area contributed by atoms with Gasteiger partial charge in [0.05, 0.1) is 5.75 Å². The molecule has 0 aliphatic carbocycles. The highest BCUT2D eigenvalue weighted by molar-refractivity contribution is 7.99. The van der Waals surface area contributed by atoms with Gasteiger partial charge >= 0.3 is 5.97 Å². The van der Waals surface area contributed by atoms with Gasteiger partial charge in [-0.3, -0.25) is 4.79 Å². The number of carboxylic acid groups (broad SMARTS) is 1. The van der Waals surface area contributed by atoms with Crippen molar-refractivity contribution in [2.45, 2.75) is 11.7 Å². The number of aryl methyl sites for hydroxylation is 1. The van der Waals surface area contributed by atoms with E-state index in [1.165, 1.54) is 4.68 Å². The zero-order chi connectivity index (χ0) is 12.3. The highest BCUT2D eigenvalue weighted by Crippen LogP contribution is 2.13. The molecule has 0 aromatic carbocycles. The van der Waals surface area contributed by atoms with Gasteiger partial charge in [0.25, 0.3) is 0 Å². The smallest absolute Gasteiger partial charge is 0.313 e. The molecule has 0 aliphatic rings. The van der Waals surface area contributed by atoms with Crippen LogP contribution in [0.4, 0.5) is 0 Å². The molecule has 0 aliphatic heterocycles. The number of hydrogen-bond acceptors (Lipinski definition) is 7. The van der Waals surface area contributed by atoms with Crippen LogP contribution in [0.25, 0.3) is 0 Å².